The first-order valence-corrected chi connectivity index (χ1v) is 12.0. The first kappa shape index (κ1) is 23.8. The van der Waals surface area contributed by atoms with Gasteiger partial charge in [-0.15, -0.1) is 11.3 Å². The zero-order valence-electron chi connectivity index (χ0n) is 19.4. The molecule has 0 radical (unpaired) electrons. The number of thiazole rings is 1. The average Bonchev–Trinajstić information content (AvgIpc) is 3.52. The van der Waals surface area contributed by atoms with E-state index in [1.165, 1.54) is 28.5 Å². The third-order valence-electron chi connectivity index (χ3n) is 5.58. The quantitative estimate of drug-likeness (QED) is 0.134. The molecular weight excluding hydrogens is 492 g/mol. The molecular formula is C26H18N6O4S. The number of nitro benzene ring substituents is 1. The molecule has 4 aromatic rings. The standard InChI is InChI=1S/C26H18N6O4S/c1-16-23(29-28-20-12-10-18(11-13-20)24(33)17-6-3-2-4-7-17)25(34)31(30-16)26-27-22(15-37-26)19-8-5-9-21(14-19)32(35)36/h2-15,23H,1H3/t23-/m1/s1. The second-order valence-corrected chi connectivity index (χ2v) is 8.91. The Balaban J connectivity index is 1.29. The summed E-state index contributed by atoms with van der Waals surface area (Å²) < 4.78 is 0. The lowest BCUT2D eigenvalue weighted by molar-refractivity contribution is -0.384. The third kappa shape index (κ3) is 4.93. The molecule has 2 heterocycles. The summed E-state index contributed by atoms with van der Waals surface area (Å²) >= 11 is 1.19. The van der Waals surface area contributed by atoms with E-state index in [4.69, 9.17) is 0 Å². The first-order chi connectivity index (χ1) is 17.9. The van der Waals surface area contributed by atoms with Crippen molar-refractivity contribution in [3.63, 3.8) is 0 Å². The fourth-order valence-corrected chi connectivity index (χ4v) is 4.45. The lowest BCUT2D eigenvalue weighted by Crippen LogP contribution is -2.29. The molecule has 10 nitrogen and oxygen atoms in total. The van der Waals surface area contributed by atoms with Crippen LogP contribution in [0.4, 0.5) is 16.5 Å². The Bertz CT molecular complexity index is 1560. The molecule has 1 aromatic heterocycles. The van der Waals surface area contributed by atoms with E-state index in [1.807, 2.05) is 18.2 Å². The Morgan fingerprint density at radius 1 is 1.03 bits per heavy atom. The number of carbonyl (C=O) groups is 2. The molecule has 1 amide bonds. The number of hydrazone groups is 1. The van der Waals surface area contributed by atoms with Crippen LogP contribution in [0.3, 0.4) is 0 Å². The molecule has 0 saturated carbocycles. The van der Waals surface area contributed by atoms with Crippen LogP contribution in [0, 0.1) is 10.1 Å². The number of nitro groups is 1. The summed E-state index contributed by atoms with van der Waals surface area (Å²) in [6.45, 7) is 1.68. The molecule has 0 saturated heterocycles. The second-order valence-electron chi connectivity index (χ2n) is 8.07. The Kier molecular flexibility index (Phi) is 6.43. The van der Waals surface area contributed by atoms with E-state index in [2.05, 4.69) is 20.3 Å². The van der Waals surface area contributed by atoms with Gasteiger partial charge in [0.2, 0.25) is 5.13 Å². The monoisotopic (exact) mass is 510 g/mol. The van der Waals surface area contributed by atoms with Crippen LogP contribution >= 0.6 is 11.3 Å². The number of nitrogens with zero attached hydrogens (tertiary/aromatic N) is 6. The summed E-state index contributed by atoms with van der Waals surface area (Å²) in [4.78, 5) is 40.6. The lowest BCUT2D eigenvalue weighted by Gasteiger charge is -2.08. The maximum absolute atomic E-state index is 13.0. The Morgan fingerprint density at radius 2 is 1.76 bits per heavy atom. The summed E-state index contributed by atoms with van der Waals surface area (Å²) in [7, 11) is 0. The minimum absolute atomic E-state index is 0.0453. The lowest BCUT2D eigenvalue weighted by atomic mass is 10.0. The van der Waals surface area contributed by atoms with Crippen molar-refractivity contribution in [2.45, 2.75) is 13.0 Å². The predicted octanol–water partition coefficient (Wildman–Crippen LogP) is 5.82. The van der Waals surface area contributed by atoms with Gasteiger partial charge in [-0.05, 0) is 31.2 Å². The van der Waals surface area contributed by atoms with E-state index in [1.54, 1.807) is 60.8 Å². The van der Waals surface area contributed by atoms with Gasteiger partial charge in [0.25, 0.3) is 11.6 Å². The fraction of sp³-hybridized carbons (Fsp3) is 0.0769. The van der Waals surface area contributed by atoms with Gasteiger partial charge in [0, 0.05) is 34.2 Å². The van der Waals surface area contributed by atoms with Gasteiger partial charge in [0.15, 0.2) is 11.8 Å². The van der Waals surface area contributed by atoms with Crippen molar-refractivity contribution in [2.24, 2.45) is 15.3 Å². The van der Waals surface area contributed by atoms with Crippen LogP contribution in [0.1, 0.15) is 22.8 Å². The summed E-state index contributed by atoms with van der Waals surface area (Å²) in [5.74, 6) is -0.501. The molecule has 0 spiro atoms. The molecule has 1 aliphatic heterocycles. The number of amides is 1. The minimum atomic E-state index is -0.907. The van der Waals surface area contributed by atoms with E-state index in [-0.39, 0.29) is 11.5 Å². The molecule has 5 rings (SSSR count). The Morgan fingerprint density at radius 3 is 2.49 bits per heavy atom. The molecule has 1 atom stereocenters. The van der Waals surface area contributed by atoms with Crippen molar-refractivity contribution >= 4 is 45.2 Å². The maximum Gasteiger partial charge on any atom is 0.282 e. The molecule has 0 N–H and O–H groups in total. The van der Waals surface area contributed by atoms with Crippen molar-refractivity contribution in [3.05, 3.63) is 105 Å². The summed E-state index contributed by atoms with van der Waals surface area (Å²) in [6.07, 6.45) is 0. The third-order valence-corrected chi connectivity index (χ3v) is 6.39. The highest BCUT2D eigenvalue weighted by atomic mass is 32.1. The fourth-order valence-electron chi connectivity index (χ4n) is 3.66. The topological polar surface area (TPSA) is 130 Å². The highest BCUT2D eigenvalue weighted by Crippen LogP contribution is 2.32. The van der Waals surface area contributed by atoms with E-state index in [9.17, 15) is 19.7 Å². The number of benzene rings is 3. The van der Waals surface area contributed by atoms with E-state index >= 15 is 0 Å². The number of hydrogen-bond acceptors (Lipinski definition) is 9. The van der Waals surface area contributed by atoms with E-state index in [0.717, 1.165) is 0 Å². The Labute approximate surface area is 214 Å². The van der Waals surface area contributed by atoms with Crippen LogP contribution in [-0.2, 0) is 4.79 Å². The molecule has 3 aromatic carbocycles. The van der Waals surface area contributed by atoms with Crippen molar-refractivity contribution in [2.75, 3.05) is 5.01 Å². The van der Waals surface area contributed by atoms with Crippen LogP contribution in [0.25, 0.3) is 11.3 Å². The molecule has 0 fully saturated rings. The number of aromatic nitrogens is 1. The number of hydrogen-bond donors (Lipinski definition) is 0. The average molecular weight is 511 g/mol. The van der Waals surface area contributed by atoms with E-state index in [0.29, 0.717) is 38.9 Å². The predicted molar refractivity (Wildman–Crippen MR) is 139 cm³/mol. The maximum atomic E-state index is 13.0. The van der Waals surface area contributed by atoms with Crippen LogP contribution < -0.4 is 5.01 Å². The van der Waals surface area contributed by atoms with Crippen molar-refractivity contribution in [1.82, 2.24) is 4.98 Å². The summed E-state index contributed by atoms with van der Waals surface area (Å²) in [6, 6.07) is 20.8. The summed E-state index contributed by atoms with van der Waals surface area (Å²) in [5, 5.41) is 26.9. The smallest absolute Gasteiger partial charge is 0.282 e. The SMILES string of the molecule is CC1=NN(c2nc(-c3cccc([N+](=O)[O-])c3)cs2)C(=O)[C@@H]1N=Nc1ccc(C(=O)c2ccccc2)cc1. The van der Waals surface area contributed by atoms with Gasteiger partial charge < -0.3 is 0 Å². The van der Waals surface area contributed by atoms with Gasteiger partial charge >= 0.3 is 0 Å². The minimum Gasteiger partial charge on any atom is -0.289 e. The molecule has 37 heavy (non-hydrogen) atoms. The zero-order chi connectivity index (χ0) is 25.9. The van der Waals surface area contributed by atoms with Gasteiger partial charge in [0.05, 0.1) is 22.0 Å². The van der Waals surface area contributed by atoms with Gasteiger partial charge in [-0.25, -0.2) is 4.98 Å². The highest BCUT2D eigenvalue weighted by molar-refractivity contribution is 7.14. The van der Waals surface area contributed by atoms with Gasteiger partial charge in [-0.1, -0.05) is 42.5 Å². The molecule has 11 heteroatoms. The van der Waals surface area contributed by atoms with Crippen LogP contribution in [0.5, 0.6) is 0 Å². The zero-order valence-corrected chi connectivity index (χ0v) is 20.2. The van der Waals surface area contributed by atoms with Crippen molar-refractivity contribution in [3.8, 4) is 11.3 Å². The van der Waals surface area contributed by atoms with Crippen LogP contribution in [-0.4, -0.2) is 33.4 Å². The number of carbonyl (C=O) groups excluding carboxylic acids is 2. The van der Waals surface area contributed by atoms with E-state index < -0.39 is 16.9 Å². The molecule has 0 unspecified atom stereocenters. The van der Waals surface area contributed by atoms with Crippen LogP contribution in [0.15, 0.2) is 99.6 Å². The molecule has 182 valence electrons. The number of non-ortho nitro benzene ring substituents is 1. The van der Waals surface area contributed by atoms with Gasteiger partial charge in [-0.2, -0.15) is 20.3 Å². The normalized spacial score (nSPS) is 15.3. The van der Waals surface area contributed by atoms with Gasteiger partial charge in [0.1, 0.15) is 0 Å². The number of ketones is 1. The van der Waals surface area contributed by atoms with Crippen molar-refractivity contribution in [1.29, 1.82) is 0 Å². The second kappa shape index (κ2) is 9.99. The first-order valence-electron chi connectivity index (χ1n) is 11.1. The molecule has 0 bridgehead atoms. The molecule has 0 aliphatic carbocycles. The highest BCUT2D eigenvalue weighted by Gasteiger charge is 2.36. The number of azo groups is 1. The number of anilines is 1. The van der Waals surface area contributed by atoms with Gasteiger partial charge in [-0.3, -0.25) is 19.7 Å². The van der Waals surface area contributed by atoms with Crippen LogP contribution in [0.2, 0.25) is 0 Å². The number of rotatable bonds is 7. The molecule has 1 aliphatic rings. The largest absolute Gasteiger partial charge is 0.289 e. The summed E-state index contributed by atoms with van der Waals surface area (Å²) in [5.41, 5.74) is 3.08. The Hall–Kier alpha value is -4.90. The van der Waals surface area contributed by atoms with Crippen molar-refractivity contribution < 1.29 is 14.5 Å².